The van der Waals surface area contributed by atoms with E-state index in [1.165, 1.54) is 12.1 Å². The molecule has 0 aliphatic heterocycles. The van der Waals surface area contributed by atoms with Crippen molar-refractivity contribution >= 4 is 11.9 Å². The summed E-state index contributed by atoms with van der Waals surface area (Å²) in [6, 6.07) is 26.6. The summed E-state index contributed by atoms with van der Waals surface area (Å²) in [5, 5.41) is 0. The Morgan fingerprint density at radius 2 is 1.05 bits per heavy atom. The predicted molar refractivity (Wildman–Crippen MR) is 138 cm³/mol. The predicted octanol–water partition coefficient (Wildman–Crippen LogP) is 7.06. The maximum absolute atomic E-state index is 13.3. The molecule has 0 heterocycles. The molecular weight excluding hydrogens is 505 g/mol. The lowest BCUT2D eigenvalue weighted by molar-refractivity contribution is -0.137. The van der Waals surface area contributed by atoms with Crippen LogP contribution < -0.4 is 0 Å². The van der Waals surface area contributed by atoms with Crippen molar-refractivity contribution in [1.82, 2.24) is 0 Å². The highest BCUT2D eigenvalue weighted by molar-refractivity contribution is 5.91. The van der Waals surface area contributed by atoms with E-state index in [1.807, 2.05) is 61.5 Å². The average Bonchev–Trinajstić information content (AvgIpc) is 2.93. The van der Waals surface area contributed by atoms with Crippen LogP contribution >= 0.6 is 0 Å². The van der Waals surface area contributed by atoms with Crippen LogP contribution in [0.1, 0.15) is 65.9 Å². The minimum Gasteiger partial charge on any atom is -0.454 e. The number of hydrogen-bond donors (Lipinski definition) is 0. The Morgan fingerprint density at radius 1 is 0.615 bits per heavy atom. The van der Waals surface area contributed by atoms with Gasteiger partial charge in [0.1, 0.15) is 0 Å². The van der Waals surface area contributed by atoms with Gasteiger partial charge in [0, 0.05) is 0 Å². The molecule has 39 heavy (non-hydrogen) atoms. The van der Waals surface area contributed by atoms with Crippen molar-refractivity contribution in [2.75, 3.05) is 0 Å². The Hall–Kier alpha value is -4.39. The minimum absolute atomic E-state index is 0.225. The van der Waals surface area contributed by atoms with Gasteiger partial charge in [-0.1, -0.05) is 72.3 Å². The van der Waals surface area contributed by atoms with Gasteiger partial charge in [-0.3, -0.25) is 0 Å². The Morgan fingerprint density at radius 3 is 1.49 bits per heavy atom. The topological polar surface area (TPSA) is 52.6 Å². The van der Waals surface area contributed by atoms with E-state index in [0.29, 0.717) is 5.56 Å². The highest BCUT2D eigenvalue weighted by atomic mass is 19.4. The third-order valence-electron chi connectivity index (χ3n) is 7.48. The highest BCUT2D eigenvalue weighted by Gasteiger charge is 2.53. The Balaban J connectivity index is 1.43. The molecule has 7 heteroatoms. The number of esters is 2. The average molecular weight is 529 g/mol. The summed E-state index contributed by atoms with van der Waals surface area (Å²) in [6.07, 6.45) is -6.44. The molecule has 7 rings (SSSR count). The number of hydrogen-bond acceptors (Lipinski definition) is 4. The normalized spacial score (nSPS) is 21.0. The second-order valence-electron chi connectivity index (χ2n) is 9.90. The fraction of sp³-hybridized carbons (Fsp3) is 0.188. The van der Waals surface area contributed by atoms with Gasteiger partial charge in [-0.25, -0.2) is 9.59 Å². The van der Waals surface area contributed by atoms with Crippen LogP contribution in [0.4, 0.5) is 13.2 Å². The molecule has 4 aromatic carbocycles. The van der Waals surface area contributed by atoms with Crippen molar-refractivity contribution < 1.29 is 32.2 Å². The molecule has 0 saturated carbocycles. The van der Waals surface area contributed by atoms with Crippen molar-refractivity contribution in [3.63, 3.8) is 0 Å². The fourth-order valence-electron chi connectivity index (χ4n) is 5.83. The molecule has 0 radical (unpaired) electrons. The van der Waals surface area contributed by atoms with Crippen LogP contribution in [0.3, 0.4) is 0 Å². The first kappa shape index (κ1) is 24.9. The van der Waals surface area contributed by atoms with Crippen LogP contribution in [0.25, 0.3) is 0 Å². The third kappa shape index (κ3) is 4.38. The summed E-state index contributed by atoms with van der Waals surface area (Å²) in [4.78, 5) is 26.6. The molecule has 0 fully saturated rings. The zero-order chi connectivity index (χ0) is 27.3. The van der Waals surface area contributed by atoms with Gasteiger partial charge in [-0.2, -0.15) is 13.2 Å². The summed E-state index contributed by atoms with van der Waals surface area (Å²) in [7, 11) is 0. The Bertz CT molecular complexity index is 1540. The molecular formula is C32H23F3O4. The molecule has 4 aromatic rings. The van der Waals surface area contributed by atoms with Crippen LogP contribution in [0.5, 0.6) is 0 Å². The lowest BCUT2D eigenvalue weighted by atomic mass is 9.61. The smallest absolute Gasteiger partial charge is 0.416 e. The SMILES string of the molecule is Cc1cccc(C(=O)OC2C3c4ccccc4C(c4ccccc43)C2OC(=O)c2cccc(C(F)(F)F)c2)c1. The van der Waals surface area contributed by atoms with Gasteiger partial charge in [0.15, 0.2) is 12.2 Å². The van der Waals surface area contributed by atoms with Crippen LogP contribution in [0, 0.1) is 6.92 Å². The monoisotopic (exact) mass is 528 g/mol. The second kappa shape index (κ2) is 9.42. The first-order valence-electron chi connectivity index (χ1n) is 12.6. The van der Waals surface area contributed by atoms with E-state index in [1.54, 1.807) is 18.2 Å². The van der Waals surface area contributed by atoms with Crippen molar-refractivity contribution in [2.24, 2.45) is 0 Å². The quantitative estimate of drug-likeness (QED) is 0.266. The number of ether oxygens (including phenoxy) is 2. The molecule has 4 nitrogen and oxygen atoms in total. The number of carbonyl (C=O) groups is 2. The summed E-state index contributed by atoms with van der Waals surface area (Å²) >= 11 is 0. The minimum atomic E-state index is -4.61. The number of rotatable bonds is 4. The van der Waals surface area contributed by atoms with E-state index in [0.717, 1.165) is 39.9 Å². The summed E-state index contributed by atoms with van der Waals surface area (Å²) in [5.74, 6) is -2.36. The van der Waals surface area contributed by atoms with Gasteiger partial charge in [0.2, 0.25) is 0 Å². The number of benzene rings is 4. The molecule has 2 bridgehead atoms. The van der Waals surface area contributed by atoms with E-state index in [2.05, 4.69) is 0 Å². The first-order valence-corrected chi connectivity index (χ1v) is 12.6. The van der Waals surface area contributed by atoms with Gasteiger partial charge in [-0.15, -0.1) is 0 Å². The van der Waals surface area contributed by atoms with Gasteiger partial charge < -0.3 is 9.47 Å². The number of carbonyl (C=O) groups excluding carboxylic acids is 2. The van der Waals surface area contributed by atoms with Crippen molar-refractivity contribution in [3.8, 4) is 0 Å². The lowest BCUT2D eigenvalue weighted by Crippen LogP contribution is -2.51. The summed E-state index contributed by atoms with van der Waals surface area (Å²) in [5.41, 5.74) is 3.89. The van der Waals surface area contributed by atoms with Crippen LogP contribution in [0.2, 0.25) is 0 Å². The Labute approximate surface area is 223 Å². The standard InChI is InChI=1S/C32H23F3O4/c1-18-8-6-9-19(16-18)30(36)38-28-26-22-12-2-4-14-24(22)27(25-15-5-3-13-23(25)26)29(28)39-31(37)20-10-7-11-21(17-20)32(33,34)35/h2-17,26-29H,1H3. The molecule has 2 unspecified atom stereocenters. The molecule has 3 aliphatic carbocycles. The largest absolute Gasteiger partial charge is 0.454 e. The van der Waals surface area contributed by atoms with Gasteiger partial charge in [0.25, 0.3) is 0 Å². The summed E-state index contributed by atoms with van der Waals surface area (Å²) < 4.78 is 52.1. The van der Waals surface area contributed by atoms with Crippen molar-refractivity contribution in [3.05, 3.63) is 142 Å². The molecule has 3 aliphatic rings. The molecule has 0 aromatic heterocycles. The van der Waals surface area contributed by atoms with E-state index >= 15 is 0 Å². The molecule has 2 atom stereocenters. The third-order valence-corrected chi connectivity index (χ3v) is 7.48. The van der Waals surface area contributed by atoms with Gasteiger partial charge in [0.05, 0.1) is 28.5 Å². The fourth-order valence-corrected chi connectivity index (χ4v) is 5.83. The van der Waals surface area contributed by atoms with Gasteiger partial charge >= 0.3 is 18.1 Å². The second-order valence-corrected chi connectivity index (χ2v) is 9.90. The van der Waals surface area contributed by atoms with Crippen molar-refractivity contribution in [2.45, 2.75) is 37.1 Å². The van der Waals surface area contributed by atoms with E-state index in [-0.39, 0.29) is 5.56 Å². The highest BCUT2D eigenvalue weighted by Crippen LogP contribution is 2.55. The number of aryl methyl sites for hydroxylation is 1. The Kier molecular flexibility index (Phi) is 6.02. The van der Waals surface area contributed by atoms with Crippen LogP contribution in [-0.2, 0) is 15.7 Å². The molecule has 0 amide bonds. The molecule has 0 N–H and O–H groups in total. The van der Waals surface area contributed by atoms with E-state index in [9.17, 15) is 22.8 Å². The molecule has 0 saturated heterocycles. The molecule has 196 valence electrons. The maximum atomic E-state index is 13.3. The molecule has 0 spiro atoms. The van der Waals surface area contributed by atoms with Crippen LogP contribution in [-0.4, -0.2) is 24.1 Å². The maximum Gasteiger partial charge on any atom is 0.416 e. The number of fused-ring (bicyclic) bond motifs is 1. The zero-order valence-electron chi connectivity index (χ0n) is 20.8. The summed E-state index contributed by atoms with van der Waals surface area (Å²) in [6.45, 7) is 1.87. The lowest BCUT2D eigenvalue weighted by Gasteiger charge is -2.49. The van der Waals surface area contributed by atoms with E-state index in [4.69, 9.17) is 9.47 Å². The van der Waals surface area contributed by atoms with Crippen LogP contribution in [0.15, 0.2) is 97.1 Å². The number of halogens is 3. The first-order chi connectivity index (χ1) is 18.7. The van der Waals surface area contributed by atoms with E-state index < -0.39 is 47.7 Å². The zero-order valence-corrected chi connectivity index (χ0v) is 20.8. The number of alkyl halides is 3. The van der Waals surface area contributed by atoms with Crippen molar-refractivity contribution in [1.29, 1.82) is 0 Å². The van der Waals surface area contributed by atoms with Gasteiger partial charge in [-0.05, 0) is 59.5 Å².